The van der Waals surface area contributed by atoms with Crippen LogP contribution in [0, 0.1) is 0 Å². The van der Waals surface area contributed by atoms with Crippen molar-refractivity contribution in [2.24, 2.45) is 0 Å². The molecule has 0 unspecified atom stereocenters. The van der Waals surface area contributed by atoms with E-state index >= 15 is 0 Å². The Morgan fingerprint density at radius 2 is 2.00 bits per heavy atom. The molecule has 6 heteroatoms. The zero-order valence-corrected chi connectivity index (χ0v) is 16.0. The largest absolute Gasteiger partial charge is 0.466 e. The van der Waals surface area contributed by atoms with Crippen LogP contribution in [0.2, 0.25) is 0 Å². The molecule has 1 aromatic carbocycles. The van der Waals surface area contributed by atoms with Crippen LogP contribution < -0.4 is 0 Å². The van der Waals surface area contributed by atoms with E-state index in [4.69, 9.17) is 9.15 Å². The van der Waals surface area contributed by atoms with Crippen molar-refractivity contribution in [1.82, 2.24) is 4.90 Å². The Kier molecular flexibility index (Phi) is 5.71. The van der Waals surface area contributed by atoms with Crippen LogP contribution in [-0.2, 0) is 20.9 Å². The molecule has 0 spiro atoms. The van der Waals surface area contributed by atoms with Gasteiger partial charge in [-0.3, -0.25) is 4.79 Å². The number of thioether (sulfide) groups is 1. The lowest BCUT2D eigenvalue weighted by molar-refractivity contribution is -0.154. The molecule has 0 saturated carbocycles. The summed E-state index contributed by atoms with van der Waals surface area (Å²) in [4.78, 5) is 26.2. The van der Waals surface area contributed by atoms with Gasteiger partial charge in [0.15, 0.2) is 0 Å². The number of carbonyl (C=O) groups is 2. The van der Waals surface area contributed by atoms with E-state index in [-0.39, 0.29) is 23.9 Å². The van der Waals surface area contributed by atoms with Crippen LogP contribution in [0.15, 0.2) is 47.1 Å². The third-order valence-electron chi connectivity index (χ3n) is 4.45. The fraction of sp³-hybridized carbons (Fsp3) is 0.400. The molecule has 0 N–H and O–H groups in total. The fourth-order valence-corrected chi connectivity index (χ4v) is 4.39. The van der Waals surface area contributed by atoms with Gasteiger partial charge in [-0.05, 0) is 29.2 Å². The van der Waals surface area contributed by atoms with Crippen LogP contribution in [-0.4, -0.2) is 28.6 Å². The molecule has 26 heavy (non-hydrogen) atoms. The number of hydrogen-bond acceptors (Lipinski definition) is 5. The minimum atomic E-state index is -0.595. The van der Waals surface area contributed by atoms with Crippen LogP contribution >= 0.6 is 11.8 Å². The summed E-state index contributed by atoms with van der Waals surface area (Å²) in [6.45, 7) is 5.94. The topological polar surface area (TPSA) is 59.8 Å². The number of amides is 1. The van der Waals surface area contributed by atoms with Crippen molar-refractivity contribution in [1.29, 1.82) is 0 Å². The standard InChI is InChI=1S/C20H23NO4S/c1-13(2)16-8-6-15(7-9-16)11-25-20(23)17-12-26-19(21(17)14(3)22)18-5-4-10-24-18/h4-10,13,17,19H,11-12H2,1-3H3/t17-,19+/m0/s1. The average molecular weight is 373 g/mol. The lowest BCUT2D eigenvalue weighted by atomic mass is 10.0. The quantitative estimate of drug-likeness (QED) is 0.738. The van der Waals surface area contributed by atoms with Gasteiger partial charge in [-0.2, -0.15) is 0 Å². The van der Waals surface area contributed by atoms with Gasteiger partial charge in [0, 0.05) is 12.7 Å². The van der Waals surface area contributed by atoms with Gasteiger partial charge >= 0.3 is 5.97 Å². The predicted octanol–water partition coefficient (Wildman–Crippen LogP) is 4.11. The highest BCUT2D eigenvalue weighted by Gasteiger charge is 2.43. The monoisotopic (exact) mass is 373 g/mol. The molecule has 0 radical (unpaired) electrons. The summed E-state index contributed by atoms with van der Waals surface area (Å²) in [5.41, 5.74) is 2.18. The Labute approximate surface area is 157 Å². The van der Waals surface area contributed by atoms with Gasteiger partial charge in [-0.25, -0.2) is 4.79 Å². The SMILES string of the molecule is CC(=O)N1[C@@H](c2ccco2)SC[C@H]1C(=O)OCc1ccc(C(C)C)cc1. The smallest absolute Gasteiger partial charge is 0.330 e. The minimum Gasteiger partial charge on any atom is -0.466 e. The number of hydrogen-bond donors (Lipinski definition) is 0. The van der Waals surface area contributed by atoms with Crippen LogP contribution in [0.4, 0.5) is 0 Å². The number of esters is 1. The number of carbonyl (C=O) groups excluding carboxylic acids is 2. The molecule has 1 fully saturated rings. The Bertz CT molecular complexity index is 755. The van der Waals surface area contributed by atoms with E-state index in [0.717, 1.165) is 5.56 Å². The van der Waals surface area contributed by atoms with Gasteiger partial charge in [-0.15, -0.1) is 11.8 Å². The molecule has 1 aliphatic rings. The van der Waals surface area contributed by atoms with E-state index in [9.17, 15) is 9.59 Å². The van der Waals surface area contributed by atoms with E-state index in [0.29, 0.717) is 17.4 Å². The van der Waals surface area contributed by atoms with Crippen molar-refractivity contribution in [3.63, 3.8) is 0 Å². The first-order valence-electron chi connectivity index (χ1n) is 8.66. The summed E-state index contributed by atoms with van der Waals surface area (Å²) in [6, 6.07) is 11.0. The highest BCUT2D eigenvalue weighted by Crippen LogP contribution is 2.41. The molecule has 2 aromatic rings. The zero-order chi connectivity index (χ0) is 18.7. The molecule has 2 atom stereocenters. The summed E-state index contributed by atoms with van der Waals surface area (Å²) in [6.07, 6.45) is 1.57. The van der Waals surface area contributed by atoms with E-state index in [1.807, 2.05) is 30.3 Å². The second-order valence-corrected chi connectivity index (χ2v) is 7.76. The zero-order valence-electron chi connectivity index (χ0n) is 15.2. The molecular weight excluding hydrogens is 350 g/mol. The number of ether oxygens (including phenoxy) is 1. The molecule has 3 rings (SSSR count). The summed E-state index contributed by atoms with van der Waals surface area (Å²) >= 11 is 1.51. The number of nitrogens with zero attached hydrogens (tertiary/aromatic N) is 1. The van der Waals surface area contributed by atoms with Crippen LogP contribution in [0.1, 0.15) is 49.0 Å². The van der Waals surface area contributed by atoms with Crippen LogP contribution in [0.5, 0.6) is 0 Å². The number of rotatable bonds is 5. The Morgan fingerprint density at radius 3 is 2.58 bits per heavy atom. The highest BCUT2D eigenvalue weighted by atomic mass is 32.2. The molecule has 2 heterocycles. The van der Waals surface area contributed by atoms with Gasteiger partial charge in [-0.1, -0.05) is 38.1 Å². The molecule has 1 aliphatic heterocycles. The second kappa shape index (κ2) is 7.99. The molecule has 138 valence electrons. The maximum atomic E-state index is 12.6. The number of furan rings is 1. The second-order valence-electron chi connectivity index (χ2n) is 6.65. The molecule has 5 nitrogen and oxygen atoms in total. The average Bonchev–Trinajstić information content (AvgIpc) is 3.28. The van der Waals surface area contributed by atoms with Crippen LogP contribution in [0.25, 0.3) is 0 Å². The Balaban J connectivity index is 1.64. The van der Waals surface area contributed by atoms with Gasteiger partial charge in [0.2, 0.25) is 5.91 Å². The summed E-state index contributed by atoms with van der Waals surface area (Å²) in [5.74, 6) is 1.08. The van der Waals surface area contributed by atoms with Gasteiger partial charge in [0.1, 0.15) is 23.8 Å². The summed E-state index contributed by atoms with van der Waals surface area (Å²) in [5, 5.41) is -0.287. The third-order valence-corrected chi connectivity index (χ3v) is 5.73. The summed E-state index contributed by atoms with van der Waals surface area (Å²) < 4.78 is 10.9. The molecule has 1 aromatic heterocycles. The molecule has 0 bridgehead atoms. The first-order chi connectivity index (χ1) is 12.5. The molecular formula is C20H23NO4S. The maximum absolute atomic E-state index is 12.6. The fourth-order valence-electron chi connectivity index (χ4n) is 2.97. The van der Waals surface area contributed by atoms with Crippen molar-refractivity contribution in [2.75, 3.05) is 5.75 Å². The van der Waals surface area contributed by atoms with E-state index in [2.05, 4.69) is 13.8 Å². The lowest BCUT2D eigenvalue weighted by Gasteiger charge is -2.25. The normalized spacial score (nSPS) is 19.8. The predicted molar refractivity (Wildman–Crippen MR) is 101 cm³/mol. The van der Waals surface area contributed by atoms with E-state index in [1.165, 1.54) is 24.2 Å². The van der Waals surface area contributed by atoms with Crippen molar-refractivity contribution in [3.8, 4) is 0 Å². The first-order valence-corrected chi connectivity index (χ1v) is 9.71. The number of benzene rings is 1. The summed E-state index contributed by atoms with van der Waals surface area (Å²) in [7, 11) is 0. The Hall–Kier alpha value is -2.21. The molecule has 0 aliphatic carbocycles. The van der Waals surface area contributed by atoms with Crippen molar-refractivity contribution >= 4 is 23.6 Å². The van der Waals surface area contributed by atoms with E-state index in [1.54, 1.807) is 17.2 Å². The van der Waals surface area contributed by atoms with Gasteiger partial charge in [0.25, 0.3) is 0 Å². The third kappa shape index (κ3) is 3.96. The first kappa shape index (κ1) is 18.6. The highest BCUT2D eigenvalue weighted by molar-refractivity contribution is 7.99. The molecule has 1 amide bonds. The van der Waals surface area contributed by atoms with Crippen molar-refractivity contribution in [3.05, 3.63) is 59.5 Å². The molecule has 1 saturated heterocycles. The minimum absolute atomic E-state index is 0.167. The van der Waals surface area contributed by atoms with Crippen molar-refractivity contribution < 1.29 is 18.7 Å². The van der Waals surface area contributed by atoms with Gasteiger partial charge < -0.3 is 14.1 Å². The Morgan fingerprint density at radius 1 is 1.27 bits per heavy atom. The lowest BCUT2D eigenvalue weighted by Crippen LogP contribution is -2.42. The van der Waals surface area contributed by atoms with Crippen molar-refractivity contribution in [2.45, 2.75) is 44.7 Å². The van der Waals surface area contributed by atoms with E-state index < -0.39 is 6.04 Å². The van der Waals surface area contributed by atoms with Gasteiger partial charge in [0.05, 0.1) is 6.26 Å². The van der Waals surface area contributed by atoms with Crippen LogP contribution in [0.3, 0.4) is 0 Å². The maximum Gasteiger partial charge on any atom is 0.330 e.